The van der Waals surface area contributed by atoms with Gasteiger partial charge in [-0.2, -0.15) is 0 Å². The lowest BCUT2D eigenvalue weighted by Crippen LogP contribution is -1.95. The van der Waals surface area contributed by atoms with Gasteiger partial charge in [-0.15, -0.1) is 0 Å². The maximum absolute atomic E-state index is 5.09. The molecule has 3 nitrogen and oxygen atoms in total. The van der Waals surface area contributed by atoms with Gasteiger partial charge in [-0.1, -0.05) is 54.6 Å². The van der Waals surface area contributed by atoms with Crippen LogP contribution in [0.4, 0.5) is 0 Å². The summed E-state index contributed by atoms with van der Waals surface area (Å²) in [5, 5.41) is 3.65. The quantitative estimate of drug-likeness (QED) is 0.229. The summed E-state index contributed by atoms with van der Waals surface area (Å²) < 4.78 is 2.23. The fraction of sp³-hybridized carbons (Fsp3) is 0.0625. The summed E-state index contributed by atoms with van der Waals surface area (Å²) in [5.41, 5.74) is 15.3. The van der Waals surface area contributed by atoms with Gasteiger partial charge in [0.15, 0.2) is 0 Å². The summed E-state index contributed by atoms with van der Waals surface area (Å²) in [6, 6.07) is 31.0. The van der Waals surface area contributed by atoms with Crippen molar-refractivity contribution in [1.82, 2.24) is 14.4 Å². The highest BCUT2D eigenvalue weighted by Gasteiger charge is 2.28. The maximum Gasteiger partial charge on any atom is 0.147 e. The smallest absolute Gasteiger partial charge is 0.147 e. The average molecular weight is 446 g/mol. The van der Waals surface area contributed by atoms with Crippen molar-refractivity contribution in [3.63, 3.8) is 0 Å². The molecule has 3 heterocycles. The highest BCUT2D eigenvalue weighted by Crippen LogP contribution is 2.48. The highest BCUT2D eigenvalue weighted by molar-refractivity contribution is 6.20. The minimum Gasteiger partial charge on any atom is -0.276 e. The predicted molar refractivity (Wildman–Crippen MR) is 142 cm³/mol. The second kappa shape index (κ2) is 6.13. The Kier molecular flexibility index (Phi) is 3.14. The minimum absolute atomic E-state index is 0.969. The Balaban J connectivity index is 1.46. The SMILES string of the molecule is c1ccc2c(c1)Cc1cc3c(cc1-2)-c1c(ccc2c1c1cccnc1n1c4ccccc4nc21)C3. The molecule has 0 spiro atoms. The van der Waals surface area contributed by atoms with Gasteiger partial charge in [-0.25, -0.2) is 9.97 Å². The number of hydrogen-bond donors (Lipinski definition) is 0. The molecule has 35 heavy (non-hydrogen) atoms. The zero-order valence-corrected chi connectivity index (χ0v) is 18.9. The molecule has 0 N–H and O–H groups in total. The molecule has 4 aromatic carbocycles. The molecule has 0 atom stereocenters. The van der Waals surface area contributed by atoms with Crippen LogP contribution in [0.1, 0.15) is 22.3 Å². The van der Waals surface area contributed by atoms with E-state index in [0.29, 0.717) is 0 Å². The van der Waals surface area contributed by atoms with Gasteiger partial charge >= 0.3 is 0 Å². The van der Waals surface area contributed by atoms with Crippen molar-refractivity contribution in [2.75, 3.05) is 0 Å². The van der Waals surface area contributed by atoms with E-state index >= 15 is 0 Å². The average Bonchev–Trinajstić information content (AvgIpc) is 3.58. The van der Waals surface area contributed by atoms with E-state index < -0.39 is 0 Å². The molecule has 0 bridgehead atoms. The predicted octanol–water partition coefficient (Wildman–Crippen LogP) is 7.33. The van der Waals surface area contributed by atoms with Crippen LogP contribution in [0, 0.1) is 0 Å². The van der Waals surface area contributed by atoms with Crippen LogP contribution in [0.3, 0.4) is 0 Å². The molecule has 9 rings (SSSR count). The number of hydrogen-bond acceptors (Lipinski definition) is 2. The van der Waals surface area contributed by atoms with Gasteiger partial charge in [0.1, 0.15) is 11.3 Å². The van der Waals surface area contributed by atoms with E-state index in [1.165, 1.54) is 60.7 Å². The van der Waals surface area contributed by atoms with Crippen LogP contribution in [-0.2, 0) is 12.8 Å². The van der Waals surface area contributed by atoms with Crippen molar-refractivity contribution < 1.29 is 0 Å². The first-order valence-corrected chi connectivity index (χ1v) is 12.2. The largest absolute Gasteiger partial charge is 0.276 e. The number of nitrogens with zero attached hydrogens (tertiary/aromatic N) is 3. The lowest BCUT2D eigenvalue weighted by atomic mass is 9.93. The molecular weight excluding hydrogens is 426 g/mol. The van der Waals surface area contributed by atoms with Crippen molar-refractivity contribution in [2.24, 2.45) is 0 Å². The number of fused-ring (bicyclic) bond motifs is 15. The first-order chi connectivity index (χ1) is 17.3. The summed E-state index contributed by atoms with van der Waals surface area (Å²) in [4.78, 5) is 9.96. The highest BCUT2D eigenvalue weighted by atomic mass is 15.1. The fourth-order valence-corrected chi connectivity index (χ4v) is 6.58. The lowest BCUT2D eigenvalue weighted by molar-refractivity contribution is 1.21. The Morgan fingerprint density at radius 1 is 0.600 bits per heavy atom. The second-order valence-electron chi connectivity index (χ2n) is 9.83. The molecule has 0 saturated heterocycles. The summed E-state index contributed by atoms with van der Waals surface area (Å²) >= 11 is 0. The van der Waals surface area contributed by atoms with E-state index in [4.69, 9.17) is 9.97 Å². The topological polar surface area (TPSA) is 30.2 Å². The molecule has 0 aliphatic heterocycles. The van der Waals surface area contributed by atoms with E-state index in [9.17, 15) is 0 Å². The molecular formula is C32H19N3. The number of rotatable bonds is 0. The number of pyridine rings is 2. The Bertz CT molecular complexity index is 2060. The van der Waals surface area contributed by atoms with E-state index in [1.54, 1.807) is 0 Å². The molecule has 2 aliphatic rings. The molecule has 3 aromatic heterocycles. The Labute approximate surface area is 201 Å². The zero-order chi connectivity index (χ0) is 22.7. The summed E-state index contributed by atoms with van der Waals surface area (Å²) in [6.07, 6.45) is 3.90. The Morgan fingerprint density at radius 2 is 1.43 bits per heavy atom. The fourth-order valence-electron chi connectivity index (χ4n) is 6.58. The number of aromatic nitrogens is 3. The third-order valence-corrected chi connectivity index (χ3v) is 8.03. The molecule has 3 heteroatoms. The van der Waals surface area contributed by atoms with Gasteiger partial charge in [0.25, 0.3) is 0 Å². The van der Waals surface area contributed by atoms with Crippen molar-refractivity contribution in [2.45, 2.75) is 12.8 Å². The molecule has 7 aromatic rings. The van der Waals surface area contributed by atoms with Gasteiger partial charge < -0.3 is 0 Å². The third-order valence-electron chi connectivity index (χ3n) is 8.03. The normalized spacial score (nSPS) is 13.5. The Morgan fingerprint density at radius 3 is 2.43 bits per heavy atom. The van der Waals surface area contributed by atoms with Crippen molar-refractivity contribution in [3.05, 3.63) is 113 Å². The van der Waals surface area contributed by atoms with Gasteiger partial charge in [-0.05, 0) is 87.7 Å². The summed E-state index contributed by atoms with van der Waals surface area (Å²) in [7, 11) is 0. The molecule has 0 unspecified atom stereocenters. The van der Waals surface area contributed by atoms with Gasteiger partial charge in [0, 0.05) is 22.4 Å². The molecule has 0 saturated carbocycles. The number of benzene rings is 4. The molecule has 0 amide bonds. The second-order valence-corrected chi connectivity index (χ2v) is 9.83. The van der Waals surface area contributed by atoms with Crippen molar-refractivity contribution >= 4 is 38.5 Å². The van der Waals surface area contributed by atoms with Crippen LogP contribution in [0.5, 0.6) is 0 Å². The Hall–Kier alpha value is -4.50. The maximum atomic E-state index is 5.09. The first kappa shape index (κ1) is 17.9. The molecule has 162 valence electrons. The van der Waals surface area contributed by atoms with Crippen LogP contribution in [0.15, 0.2) is 91.1 Å². The minimum atomic E-state index is 0.969. The first-order valence-electron chi connectivity index (χ1n) is 12.2. The van der Waals surface area contributed by atoms with E-state index in [2.05, 4.69) is 89.3 Å². The molecule has 0 radical (unpaired) electrons. The summed E-state index contributed by atoms with van der Waals surface area (Å²) in [5.74, 6) is 0. The zero-order valence-electron chi connectivity index (χ0n) is 18.9. The van der Waals surface area contributed by atoms with Crippen molar-refractivity contribution in [1.29, 1.82) is 0 Å². The monoisotopic (exact) mass is 445 g/mol. The lowest BCUT2D eigenvalue weighted by Gasteiger charge is -2.13. The van der Waals surface area contributed by atoms with Crippen LogP contribution in [-0.4, -0.2) is 14.4 Å². The molecule has 2 aliphatic carbocycles. The van der Waals surface area contributed by atoms with Gasteiger partial charge in [0.2, 0.25) is 0 Å². The van der Waals surface area contributed by atoms with Crippen molar-refractivity contribution in [3.8, 4) is 22.3 Å². The number of imidazole rings is 1. The molecule has 0 fully saturated rings. The van der Waals surface area contributed by atoms with E-state index in [1.807, 2.05) is 6.20 Å². The van der Waals surface area contributed by atoms with E-state index in [0.717, 1.165) is 35.2 Å². The van der Waals surface area contributed by atoms with Gasteiger partial charge in [-0.3, -0.25) is 4.40 Å². The van der Waals surface area contributed by atoms with Gasteiger partial charge in [0.05, 0.1) is 11.0 Å². The van der Waals surface area contributed by atoms with Crippen LogP contribution in [0.2, 0.25) is 0 Å². The van der Waals surface area contributed by atoms with Crippen LogP contribution < -0.4 is 0 Å². The standard InChI is InChI=1S/C32H19N3/c1-2-7-22-18(6-1)14-20-16-21-15-19-11-12-24-30(29(19)26(21)17-25(20)22)23-8-5-13-33-31(23)35-28-10-4-3-9-27(28)34-32(24)35/h1-13,16-17H,14-15H2. The van der Waals surface area contributed by atoms with Crippen LogP contribution >= 0.6 is 0 Å². The third kappa shape index (κ3) is 2.17. The number of para-hydroxylation sites is 2. The van der Waals surface area contributed by atoms with E-state index in [-0.39, 0.29) is 0 Å². The summed E-state index contributed by atoms with van der Waals surface area (Å²) in [6.45, 7) is 0. The van der Waals surface area contributed by atoms with Crippen LogP contribution in [0.25, 0.3) is 60.7 Å².